The molecule has 4 heteroatoms. The minimum Gasteiger partial charge on any atom is -0.324 e. The highest BCUT2D eigenvalue weighted by molar-refractivity contribution is 5.29. The minimum absolute atomic E-state index is 0.00228. The summed E-state index contributed by atoms with van der Waals surface area (Å²) in [6, 6.07) is 5.75. The average Bonchev–Trinajstić information content (AvgIpc) is 2.61. The summed E-state index contributed by atoms with van der Waals surface area (Å²) in [5.41, 5.74) is 7.93. The lowest BCUT2D eigenvalue weighted by molar-refractivity contribution is 0.787. The Hall–Kier alpha value is -1.68. The van der Waals surface area contributed by atoms with E-state index in [0.29, 0.717) is 0 Å². The van der Waals surface area contributed by atoms with Crippen LogP contribution in [0.4, 0.5) is 0 Å². The molecule has 0 radical (unpaired) electrons. The van der Waals surface area contributed by atoms with Gasteiger partial charge < -0.3 is 5.73 Å². The van der Waals surface area contributed by atoms with Crippen molar-refractivity contribution in [2.45, 2.75) is 19.9 Å². The molecule has 0 aliphatic rings. The fourth-order valence-electron chi connectivity index (χ4n) is 1.58. The van der Waals surface area contributed by atoms with E-state index in [1.165, 1.54) is 0 Å². The molecule has 1 atom stereocenters. The quantitative estimate of drug-likeness (QED) is 0.804. The molecule has 2 aromatic heterocycles. The van der Waals surface area contributed by atoms with Crippen LogP contribution in [-0.4, -0.2) is 14.8 Å². The van der Waals surface area contributed by atoms with Crippen LogP contribution in [0.5, 0.6) is 0 Å². The van der Waals surface area contributed by atoms with E-state index in [4.69, 9.17) is 5.73 Å². The summed E-state index contributed by atoms with van der Waals surface area (Å²) in [6.45, 7) is 3.95. The van der Waals surface area contributed by atoms with E-state index in [1.807, 2.05) is 32.0 Å². The Morgan fingerprint density at radius 1 is 1.40 bits per heavy atom. The highest BCUT2D eigenvalue weighted by atomic mass is 15.3. The van der Waals surface area contributed by atoms with Gasteiger partial charge in [-0.3, -0.25) is 0 Å². The van der Waals surface area contributed by atoms with Crippen molar-refractivity contribution in [3.05, 3.63) is 41.9 Å². The Morgan fingerprint density at radius 3 is 2.73 bits per heavy atom. The maximum absolute atomic E-state index is 5.83. The fourth-order valence-corrected chi connectivity index (χ4v) is 1.58. The molecular formula is C11H14N4. The molecule has 2 aromatic rings. The third kappa shape index (κ3) is 1.76. The summed E-state index contributed by atoms with van der Waals surface area (Å²) < 4.78 is 1.80. The van der Waals surface area contributed by atoms with Crippen molar-refractivity contribution in [2.75, 3.05) is 0 Å². The van der Waals surface area contributed by atoms with E-state index in [0.717, 1.165) is 17.1 Å². The highest BCUT2D eigenvalue weighted by Gasteiger charge is 2.11. The van der Waals surface area contributed by atoms with Crippen LogP contribution in [0, 0.1) is 6.92 Å². The predicted octanol–water partition coefficient (Wildman–Crippen LogP) is 1.60. The third-order valence-electron chi connectivity index (χ3n) is 2.40. The molecule has 0 spiro atoms. The first kappa shape index (κ1) is 9.86. The number of hydrogen-bond acceptors (Lipinski definition) is 3. The molecule has 0 saturated carbocycles. The van der Waals surface area contributed by atoms with Gasteiger partial charge in [0.15, 0.2) is 5.82 Å². The van der Waals surface area contributed by atoms with Crippen molar-refractivity contribution in [2.24, 2.45) is 5.73 Å². The smallest absolute Gasteiger partial charge is 0.153 e. The molecule has 4 nitrogen and oxygen atoms in total. The normalized spacial score (nSPS) is 12.7. The van der Waals surface area contributed by atoms with Crippen molar-refractivity contribution in [3.63, 3.8) is 0 Å². The Kier molecular flexibility index (Phi) is 2.51. The molecule has 0 aliphatic carbocycles. The zero-order valence-corrected chi connectivity index (χ0v) is 8.88. The number of nitrogens with zero attached hydrogens (tertiary/aromatic N) is 3. The molecule has 2 rings (SSSR count). The van der Waals surface area contributed by atoms with Gasteiger partial charge in [-0.1, -0.05) is 6.07 Å². The van der Waals surface area contributed by atoms with Crippen molar-refractivity contribution >= 4 is 0 Å². The van der Waals surface area contributed by atoms with Gasteiger partial charge in [-0.2, -0.15) is 5.10 Å². The number of nitrogens with two attached hydrogens (primary N) is 1. The maximum atomic E-state index is 5.83. The van der Waals surface area contributed by atoms with E-state index in [9.17, 15) is 0 Å². The molecule has 78 valence electrons. The monoisotopic (exact) mass is 202 g/mol. The van der Waals surface area contributed by atoms with Crippen LogP contribution in [0.2, 0.25) is 0 Å². The summed E-state index contributed by atoms with van der Waals surface area (Å²) in [4.78, 5) is 4.24. The SMILES string of the molecule is Cc1c([C@@H](C)N)cnn1-c1ccccn1. The van der Waals surface area contributed by atoms with Gasteiger partial charge in [0.1, 0.15) is 0 Å². The minimum atomic E-state index is 0.00228. The zero-order valence-electron chi connectivity index (χ0n) is 8.88. The molecule has 2 N–H and O–H groups in total. The van der Waals surface area contributed by atoms with Crippen molar-refractivity contribution in [1.82, 2.24) is 14.8 Å². The van der Waals surface area contributed by atoms with Gasteiger partial charge in [-0.05, 0) is 26.0 Å². The first-order valence-corrected chi connectivity index (χ1v) is 4.91. The molecule has 0 fully saturated rings. The Labute approximate surface area is 88.8 Å². The summed E-state index contributed by atoms with van der Waals surface area (Å²) in [5, 5.41) is 4.28. The first-order chi connectivity index (χ1) is 7.20. The topological polar surface area (TPSA) is 56.7 Å². The molecule has 0 amide bonds. The molecule has 0 saturated heterocycles. The molecular weight excluding hydrogens is 188 g/mol. The van der Waals surface area contributed by atoms with Crippen molar-refractivity contribution in [1.29, 1.82) is 0 Å². The number of hydrogen-bond donors (Lipinski definition) is 1. The number of rotatable bonds is 2. The van der Waals surface area contributed by atoms with E-state index < -0.39 is 0 Å². The van der Waals surface area contributed by atoms with Gasteiger partial charge in [-0.25, -0.2) is 9.67 Å². The second kappa shape index (κ2) is 3.82. The first-order valence-electron chi connectivity index (χ1n) is 4.91. The van der Waals surface area contributed by atoms with E-state index in [-0.39, 0.29) is 6.04 Å². The lowest BCUT2D eigenvalue weighted by Gasteiger charge is -2.05. The summed E-state index contributed by atoms with van der Waals surface area (Å²) in [7, 11) is 0. The van der Waals surface area contributed by atoms with Crippen molar-refractivity contribution < 1.29 is 0 Å². The lowest BCUT2D eigenvalue weighted by Crippen LogP contribution is -2.07. The van der Waals surface area contributed by atoms with Gasteiger partial charge in [-0.15, -0.1) is 0 Å². The summed E-state index contributed by atoms with van der Waals surface area (Å²) in [6.07, 6.45) is 3.55. The van der Waals surface area contributed by atoms with Gasteiger partial charge >= 0.3 is 0 Å². The Balaban J connectivity index is 2.47. The van der Waals surface area contributed by atoms with Crippen LogP contribution < -0.4 is 5.73 Å². The fraction of sp³-hybridized carbons (Fsp3) is 0.273. The summed E-state index contributed by atoms with van der Waals surface area (Å²) >= 11 is 0. The predicted molar refractivity (Wildman–Crippen MR) is 58.7 cm³/mol. The standard InChI is InChI=1S/C11H14N4/c1-8(12)10-7-14-15(9(10)2)11-5-3-4-6-13-11/h3-8H,12H2,1-2H3/t8-/m1/s1. The molecule has 0 aliphatic heterocycles. The van der Waals surface area contributed by atoms with Crippen LogP contribution in [0.1, 0.15) is 24.2 Å². The van der Waals surface area contributed by atoms with Crippen LogP contribution >= 0.6 is 0 Å². The van der Waals surface area contributed by atoms with E-state index in [2.05, 4.69) is 10.1 Å². The lowest BCUT2D eigenvalue weighted by atomic mass is 10.1. The largest absolute Gasteiger partial charge is 0.324 e. The van der Waals surface area contributed by atoms with Gasteiger partial charge in [0.2, 0.25) is 0 Å². The maximum Gasteiger partial charge on any atom is 0.153 e. The van der Waals surface area contributed by atoms with E-state index in [1.54, 1.807) is 17.1 Å². The van der Waals surface area contributed by atoms with Gasteiger partial charge in [0.25, 0.3) is 0 Å². The van der Waals surface area contributed by atoms with Gasteiger partial charge in [0.05, 0.1) is 6.20 Å². The molecule has 2 heterocycles. The second-order valence-electron chi connectivity index (χ2n) is 3.57. The third-order valence-corrected chi connectivity index (χ3v) is 2.40. The number of aromatic nitrogens is 3. The second-order valence-corrected chi connectivity index (χ2v) is 3.57. The zero-order chi connectivity index (χ0) is 10.8. The van der Waals surface area contributed by atoms with Crippen LogP contribution in [-0.2, 0) is 0 Å². The van der Waals surface area contributed by atoms with Crippen molar-refractivity contribution in [3.8, 4) is 5.82 Å². The van der Waals surface area contributed by atoms with Gasteiger partial charge in [0, 0.05) is 23.5 Å². The van der Waals surface area contributed by atoms with E-state index >= 15 is 0 Å². The van der Waals surface area contributed by atoms with Crippen LogP contribution in [0.15, 0.2) is 30.6 Å². The average molecular weight is 202 g/mol. The van der Waals surface area contributed by atoms with Crippen LogP contribution in [0.3, 0.4) is 0 Å². The number of pyridine rings is 1. The molecule has 15 heavy (non-hydrogen) atoms. The van der Waals surface area contributed by atoms with Crippen LogP contribution in [0.25, 0.3) is 5.82 Å². The highest BCUT2D eigenvalue weighted by Crippen LogP contribution is 2.16. The Bertz CT molecular complexity index is 445. The summed E-state index contributed by atoms with van der Waals surface area (Å²) in [5.74, 6) is 0.821. The molecule has 0 bridgehead atoms. The Morgan fingerprint density at radius 2 is 2.20 bits per heavy atom. The molecule has 0 unspecified atom stereocenters. The molecule has 0 aromatic carbocycles.